The highest BCUT2D eigenvalue weighted by Crippen LogP contribution is 2.29. The first-order valence-corrected chi connectivity index (χ1v) is 11.2. The quantitative estimate of drug-likeness (QED) is 0.356. The molecule has 0 radical (unpaired) electrons. The minimum Gasteiger partial charge on any atom is -0.497 e. The average molecular weight is 459 g/mol. The van der Waals surface area contributed by atoms with E-state index in [1.807, 2.05) is 48.7 Å². The molecule has 0 saturated carbocycles. The van der Waals surface area contributed by atoms with E-state index in [9.17, 15) is 9.90 Å². The molecule has 4 rings (SSSR count). The number of rotatable bonds is 9. The van der Waals surface area contributed by atoms with Crippen molar-refractivity contribution in [1.82, 2.24) is 9.88 Å². The molecule has 176 valence electrons. The third kappa shape index (κ3) is 4.77. The van der Waals surface area contributed by atoms with Crippen molar-refractivity contribution in [3.8, 4) is 11.5 Å². The third-order valence-corrected chi connectivity index (χ3v) is 6.10. The van der Waals surface area contributed by atoms with E-state index in [1.54, 1.807) is 14.2 Å². The number of fused-ring (bicyclic) bond motifs is 1. The van der Waals surface area contributed by atoms with E-state index in [1.165, 1.54) is 5.56 Å². The van der Waals surface area contributed by atoms with E-state index in [2.05, 4.69) is 35.6 Å². The fourth-order valence-corrected chi connectivity index (χ4v) is 4.31. The van der Waals surface area contributed by atoms with Crippen LogP contribution in [0.15, 0.2) is 60.7 Å². The summed E-state index contributed by atoms with van der Waals surface area (Å²) in [6.07, 6.45) is 0. The number of ether oxygens (including phenoxy) is 2. The Hall–Kier alpha value is -3.77. The molecule has 0 fully saturated rings. The molecule has 0 spiro atoms. The highest BCUT2D eigenvalue weighted by Gasteiger charge is 2.22. The van der Waals surface area contributed by atoms with Crippen molar-refractivity contribution in [3.63, 3.8) is 0 Å². The molecule has 1 heterocycles. The average Bonchev–Trinajstić information content (AvgIpc) is 3.13. The van der Waals surface area contributed by atoms with Crippen LogP contribution < -0.4 is 14.8 Å². The number of nitrogens with zero attached hydrogens (tertiary/aromatic N) is 1. The van der Waals surface area contributed by atoms with Crippen molar-refractivity contribution >= 4 is 16.9 Å². The van der Waals surface area contributed by atoms with Gasteiger partial charge in [-0.15, -0.1) is 0 Å². The first-order valence-electron chi connectivity index (χ1n) is 11.2. The summed E-state index contributed by atoms with van der Waals surface area (Å²) in [7, 11) is 3.25. The summed E-state index contributed by atoms with van der Waals surface area (Å²) in [5.41, 5.74) is 6.33. The topological polar surface area (TPSA) is 72.7 Å². The molecule has 1 aromatic heterocycles. The smallest absolute Gasteiger partial charge is 0.352 e. The molecule has 0 aliphatic rings. The predicted octanol–water partition coefficient (Wildman–Crippen LogP) is 5.31. The number of hydrogen-bond donors (Lipinski definition) is 2. The Balaban J connectivity index is 1.69. The predicted molar refractivity (Wildman–Crippen MR) is 134 cm³/mol. The molecule has 0 aliphatic heterocycles. The van der Waals surface area contributed by atoms with Gasteiger partial charge in [0.05, 0.1) is 14.2 Å². The van der Waals surface area contributed by atoms with Crippen LogP contribution in [0.25, 0.3) is 10.9 Å². The summed E-state index contributed by atoms with van der Waals surface area (Å²) in [5, 5.41) is 14.6. The number of carboxylic acids is 1. The van der Waals surface area contributed by atoms with E-state index in [0.717, 1.165) is 44.7 Å². The number of hydrogen-bond acceptors (Lipinski definition) is 4. The number of aryl methyl sites for hydroxylation is 2. The lowest BCUT2D eigenvalue weighted by atomic mass is 10.1. The van der Waals surface area contributed by atoms with Crippen LogP contribution in [0.4, 0.5) is 0 Å². The van der Waals surface area contributed by atoms with Gasteiger partial charge < -0.3 is 24.5 Å². The van der Waals surface area contributed by atoms with Gasteiger partial charge in [-0.3, -0.25) is 0 Å². The standard InChI is InChI=1S/C28H30N2O4/c1-18-5-8-20(9-6-18)17-30-25-13-19(2)7-12-23(25)24(27(30)28(31)32)16-29-15-21-10-11-22(33-3)14-26(21)34-4/h5-14,29H,15-17H2,1-4H3,(H,31,32). The summed E-state index contributed by atoms with van der Waals surface area (Å²) in [5.74, 6) is 0.519. The maximum absolute atomic E-state index is 12.5. The lowest BCUT2D eigenvalue weighted by Gasteiger charge is -2.12. The van der Waals surface area contributed by atoms with Crippen LogP contribution in [0, 0.1) is 13.8 Å². The minimum atomic E-state index is -0.931. The van der Waals surface area contributed by atoms with E-state index >= 15 is 0 Å². The van der Waals surface area contributed by atoms with Crippen LogP contribution in [0.2, 0.25) is 0 Å². The second-order valence-corrected chi connectivity index (χ2v) is 8.51. The highest BCUT2D eigenvalue weighted by molar-refractivity contribution is 5.98. The van der Waals surface area contributed by atoms with Crippen LogP contribution in [0.5, 0.6) is 11.5 Å². The number of carbonyl (C=O) groups is 1. The number of carboxylic acid groups (broad SMARTS) is 1. The Kier molecular flexibility index (Phi) is 6.89. The monoisotopic (exact) mass is 458 g/mol. The number of benzene rings is 3. The van der Waals surface area contributed by atoms with Gasteiger partial charge in [-0.05, 0) is 37.1 Å². The van der Waals surface area contributed by atoms with Gasteiger partial charge in [-0.25, -0.2) is 4.79 Å². The lowest BCUT2D eigenvalue weighted by Crippen LogP contribution is -2.17. The zero-order chi connectivity index (χ0) is 24.2. The zero-order valence-corrected chi connectivity index (χ0v) is 20.0. The fourth-order valence-electron chi connectivity index (χ4n) is 4.31. The Morgan fingerprint density at radius 1 is 0.912 bits per heavy atom. The molecule has 2 N–H and O–H groups in total. The first kappa shape index (κ1) is 23.4. The van der Waals surface area contributed by atoms with Crippen molar-refractivity contribution in [1.29, 1.82) is 0 Å². The SMILES string of the molecule is COc1ccc(CNCc2c(C(=O)O)n(Cc3ccc(C)cc3)c3cc(C)ccc23)c(OC)c1. The van der Waals surface area contributed by atoms with Crippen LogP contribution >= 0.6 is 0 Å². The summed E-state index contributed by atoms with van der Waals surface area (Å²) in [6, 6.07) is 20.0. The Morgan fingerprint density at radius 2 is 1.65 bits per heavy atom. The molecule has 3 aromatic carbocycles. The minimum absolute atomic E-state index is 0.315. The third-order valence-electron chi connectivity index (χ3n) is 6.10. The van der Waals surface area contributed by atoms with E-state index in [-0.39, 0.29) is 0 Å². The summed E-state index contributed by atoms with van der Waals surface area (Å²) < 4.78 is 12.7. The first-order chi connectivity index (χ1) is 16.4. The highest BCUT2D eigenvalue weighted by atomic mass is 16.5. The molecule has 0 aliphatic carbocycles. The fraction of sp³-hybridized carbons (Fsp3) is 0.250. The second kappa shape index (κ2) is 10.0. The van der Waals surface area contributed by atoms with Gasteiger partial charge in [0.1, 0.15) is 17.2 Å². The van der Waals surface area contributed by atoms with Crippen LogP contribution in [0.1, 0.15) is 38.3 Å². The van der Waals surface area contributed by atoms with Gasteiger partial charge in [0.2, 0.25) is 0 Å². The number of aromatic carboxylic acids is 1. The summed E-state index contributed by atoms with van der Waals surface area (Å²) in [4.78, 5) is 12.5. The zero-order valence-electron chi connectivity index (χ0n) is 20.0. The molecule has 6 heteroatoms. The molecular weight excluding hydrogens is 428 g/mol. The number of nitrogens with one attached hydrogen (secondary N) is 1. The van der Waals surface area contributed by atoms with E-state index in [4.69, 9.17) is 9.47 Å². The normalized spacial score (nSPS) is 11.1. The van der Waals surface area contributed by atoms with Crippen molar-refractivity contribution < 1.29 is 19.4 Å². The van der Waals surface area contributed by atoms with Gasteiger partial charge >= 0.3 is 5.97 Å². The van der Waals surface area contributed by atoms with Crippen LogP contribution in [0.3, 0.4) is 0 Å². The molecule has 0 bridgehead atoms. The molecule has 0 amide bonds. The number of methoxy groups -OCH3 is 2. The molecule has 34 heavy (non-hydrogen) atoms. The molecule has 6 nitrogen and oxygen atoms in total. The molecule has 4 aromatic rings. The van der Waals surface area contributed by atoms with E-state index in [0.29, 0.717) is 25.3 Å². The van der Waals surface area contributed by atoms with Gasteiger partial charge in [-0.2, -0.15) is 0 Å². The van der Waals surface area contributed by atoms with Gasteiger partial charge in [0.15, 0.2) is 0 Å². The largest absolute Gasteiger partial charge is 0.497 e. The second-order valence-electron chi connectivity index (χ2n) is 8.51. The molecule has 0 atom stereocenters. The van der Waals surface area contributed by atoms with Crippen LogP contribution in [-0.4, -0.2) is 29.9 Å². The molecular formula is C28H30N2O4. The van der Waals surface area contributed by atoms with Gasteiger partial charge in [-0.1, -0.05) is 48.0 Å². The maximum atomic E-state index is 12.5. The Labute approximate surface area is 199 Å². The molecule has 0 saturated heterocycles. The van der Waals surface area contributed by atoms with Crippen LogP contribution in [-0.2, 0) is 19.6 Å². The van der Waals surface area contributed by atoms with E-state index < -0.39 is 5.97 Å². The van der Waals surface area contributed by atoms with Gasteiger partial charge in [0.25, 0.3) is 0 Å². The maximum Gasteiger partial charge on any atom is 0.352 e. The Morgan fingerprint density at radius 3 is 2.32 bits per heavy atom. The Bertz CT molecular complexity index is 1320. The summed E-state index contributed by atoms with van der Waals surface area (Å²) >= 11 is 0. The number of aromatic nitrogens is 1. The lowest BCUT2D eigenvalue weighted by molar-refractivity contribution is 0.0684. The molecule has 0 unspecified atom stereocenters. The summed E-state index contributed by atoms with van der Waals surface area (Å²) in [6.45, 7) is 5.51. The van der Waals surface area contributed by atoms with Gasteiger partial charge in [0, 0.05) is 47.7 Å². The van der Waals surface area contributed by atoms with Crippen molar-refractivity contribution in [2.75, 3.05) is 14.2 Å². The van der Waals surface area contributed by atoms with Crippen molar-refractivity contribution in [2.45, 2.75) is 33.5 Å². The van der Waals surface area contributed by atoms with Crippen molar-refractivity contribution in [2.24, 2.45) is 0 Å². The van der Waals surface area contributed by atoms with Crippen molar-refractivity contribution in [3.05, 3.63) is 94.2 Å².